The second-order valence-corrected chi connectivity index (χ2v) is 5.72. The van der Waals surface area contributed by atoms with Gasteiger partial charge in [-0.1, -0.05) is 13.0 Å². The second kappa shape index (κ2) is 8.15. The quantitative estimate of drug-likeness (QED) is 0.646. The average Bonchev–Trinajstić information content (AvgIpc) is 2.53. The Morgan fingerprint density at radius 2 is 2.18 bits per heavy atom. The van der Waals surface area contributed by atoms with E-state index in [1.54, 1.807) is 0 Å². The molecule has 0 bridgehead atoms. The summed E-state index contributed by atoms with van der Waals surface area (Å²) in [6.45, 7) is 5.25. The third kappa shape index (κ3) is 4.21. The number of aliphatic hydroxyl groups is 1. The summed E-state index contributed by atoms with van der Waals surface area (Å²) in [6.07, 6.45) is 3.22. The van der Waals surface area contributed by atoms with E-state index < -0.39 is 6.10 Å². The van der Waals surface area contributed by atoms with Crippen LogP contribution >= 0.6 is 0 Å². The van der Waals surface area contributed by atoms with Crippen molar-refractivity contribution in [3.05, 3.63) is 23.8 Å². The van der Waals surface area contributed by atoms with E-state index in [2.05, 4.69) is 17.6 Å². The number of amides is 1. The van der Waals surface area contributed by atoms with Gasteiger partial charge in [-0.15, -0.1) is 0 Å². The molecule has 2 atom stereocenters. The molecule has 0 spiro atoms. The minimum atomic E-state index is -0.399. The molecule has 0 aromatic heterocycles. The molecule has 122 valence electrons. The molecule has 2 unspecified atom stereocenters. The van der Waals surface area contributed by atoms with Gasteiger partial charge in [0.25, 0.3) is 5.91 Å². The molecule has 0 saturated carbocycles. The zero-order valence-corrected chi connectivity index (χ0v) is 13.4. The van der Waals surface area contributed by atoms with Crippen LogP contribution in [0.3, 0.4) is 0 Å². The number of ether oxygens (including phenoxy) is 1. The van der Waals surface area contributed by atoms with Gasteiger partial charge in [-0.3, -0.25) is 4.79 Å². The Kier molecular flexibility index (Phi) is 6.21. The van der Waals surface area contributed by atoms with Crippen molar-refractivity contribution in [2.45, 2.75) is 51.7 Å². The van der Waals surface area contributed by atoms with Crippen LogP contribution in [0.25, 0.3) is 0 Å². The second-order valence-electron chi connectivity index (χ2n) is 5.72. The summed E-state index contributed by atoms with van der Waals surface area (Å²) in [5.41, 5.74) is 1.89. The van der Waals surface area contributed by atoms with Gasteiger partial charge < -0.3 is 20.5 Å². The lowest BCUT2D eigenvalue weighted by Gasteiger charge is -2.26. The lowest BCUT2D eigenvalue weighted by atomic mass is 10.1. The summed E-state index contributed by atoms with van der Waals surface area (Å²) in [5.74, 6) is 0.677. The van der Waals surface area contributed by atoms with Crippen LogP contribution in [0.4, 0.5) is 5.69 Å². The normalized spacial score (nSPS) is 18.3. The molecule has 1 amide bonds. The number of anilines is 1. The number of fused-ring (bicyclic) bond motifs is 1. The highest BCUT2D eigenvalue weighted by molar-refractivity contribution is 5.97. The van der Waals surface area contributed by atoms with Crippen molar-refractivity contribution in [2.24, 2.45) is 0 Å². The van der Waals surface area contributed by atoms with Crippen LogP contribution in [-0.4, -0.2) is 30.3 Å². The molecular weight excluding hydrogens is 280 g/mol. The summed E-state index contributed by atoms with van der Waals surface area (Å²) in [5, 5.41) is 15.1. The van der Waals surface area contributed by atoms with Crippen LogP contribution in [0.5, 0.6) is 5.75 Å². The van der Waals surface area contributed by atoms with Crippen molar-refractivity contribution in [1.82, 2.24) is 5.32 Å². The van der Waals surface area contributed by atoms with E-state index in [0.29, 0.717) is 6.42 Å². The number of hydrogen-bond acceptors (Lipinski definition) is 4. The molecule has 1 heterocycles. The molecule has 3 N–H and O–H groups in total. The van der Waals surface area contributed by atoms with E-state index in [-0.39, 0.29) is 18.6 Å². The lowest BCUT2D eigenvalue weighted by molar-refractivity contribution is -0.123. The van der Waals surface area contributed by atoms with Crippen molar-refractivity contribution in [2.75, 3.05) is 18.5 Å². The predicted molar refractivity (Wildman–Crippen MR) is 87.1 cm³/mol. The van der Waals surface area contributed by atoms with Gasteiger partial charge in [0, 0.05) is 12.6 Å². The standard InChI is InChI=1S/C17H26N2O3/c1-3-15-17(21)19-14-8-7-13(11-16(14)22-15)12(2)18-9-5-4-6-10-20/h7-8,11-12,15,18,20H,3-6,9-10H2,1-2H3,(H,19,21). The third-order valence-electron chi connectivity index (χ3n) is 3.98. The SMILES string of the molecule is CCC1Oc2cc(C(C)NCCCCCO)ccc2NC1=O. The number of nitrogens with one attached hydrogen (secondary N) is 2. The van der Waals surface area contributed by atoms with E-state index in [1.807, 2.05) is 25.1 Å². The zero-order valence-electron chi connectivity index (χ0n) is 13.4. The van der Waals surface area contributed by atoms with Crippen LogP contribution in [-0.2, 0) is 4.79 Å². The smallest absolute Gasteiger partial charge is 0.265 e. The first-order valence-electron chi connectivity index (χ1n) is 8.11. The maximum atomic E-state index is 11.8. The van der Waals surface area contributed by atoms with Crippen molar-refractivity contribution in [3.63, 3.8) is 0 Å². The van der Waals surface area contributed by atoms with Gasteiger partial charge in [0.2, 0.25) is 0 Å². The Hall–Kier alpha value is -1.59. The minimum absolute atomic E-state index is 0.0715. The fourth-order valence-electron chi connectivity index (χ4n) is 2.55. The molecule has 1 aromatic rings. The number of benzene rings is 1. The molecule has 1 aliphatic heterocycles. The summed E-state index contributed by atoms with van der Waals surface area (Å²) < 4.78 is 5.77. The fraction of sp³-hybridized carbons (Fsp3) is 0.588. The van der Waals surface area contributed by atoms with Crippen molar-refractivity contribution < 1.29 is 14.6 Å². The fourth-order valence-corrected chi connectivity index (χ4v) is 2.55. The number of unbranched alkanes of at least 4 members (excludes halogenated alkanes) is 2. The zero-order chi connectivity index (χ0) is 15.9. The number of aliphatic hydroxyl groups excluding tert-OH is 1. The maximum Gasteiger partial charge on any atom is 0.265 e. The number of hydrogen-bond donors (Lipinski definition) is 3. The highest BCUT2D eigenvalue weighted by atomic mass is 16.5. The van der Waals surface area contributed by atoms with E-state index in [9.17, 15) is 4.79 Å². The van der Waals surface area contributed by atoms with E-state index in [0.717, 1.165) is 42.8 Å². The largest absolute Gasteiger partial charge is 0.478 e. The number of carbonyl (C=O) groups excluding carboxylic acids is 1. The Balaban J connectivity index is 1.94. The van der Waals surface area contributed by atoms with E-state index in [1.165, 1.54) is 0 Å². The molecular formula is C17H26N2O3. The monoisotopic (exact) mass is 306 g/mol. The molecule has 0 aliphatic carbocycles. The Bertz CT molecular complexity index is 505. The van der Waals surface area contributed by atoms with Gasteiger partial charge in [0.15, 0.2) is 6.10 Å². The highest BCUT2D eigenvalue weighted by Gasteiger charge is 2.26. The lowest BCUT2D eigenvalue weighted by Crippen LogP contribution is -2.36. The van der Waals surface area contributed by atoms with E-state index >= 15 is 0 Å². The first-order chi connectivity index (χ1) is 10.7. The average molecular weight is 306 g/mol. The summed E-state index contributed by atoms with van der Waals surface area (Å²) >= 11 is 0. The molecule has 0 fully saturated rings. The van der Waals surface area contributed by atoms with Crippen molar-refractivity contribution in [3.8, 4) is 5.75 Å². The van der Waals surface area contributed by atoms with E-state index in [4.69, 9.17) is 9.84 Å². The van der Waals surface area contributed by atoms with Crippen molar-refractivity contribution in [1.29, 1.82) is 0 Å². The van der Waals surface area contributed by atoms with Gasteiger partial charge in [-0.25, -0.2) is 0 Å². The van der Waals surface area contributed by atoms with Crippen LogP contribution in [0.15, 0.2) is 18.2 Å². The molecule has 1 aliphatic rings. The molecule has 5 heteroatoms. The Labute approximate surface area is 132 Å². The van der Waals surface area contributed by atoms with Crippen molar-refractivity contribution >= 4 is 11.6 Å². The third-order valence-corrected chi connectivity index (χ3v) is 3.98. The molecule has 5 nitrogen and oxygen atoms in total. The Morgan fingerprint density at radius 1 is 1.36 bits per heavy atom. The molecule has 2 rings (SSSR count). The van der Waals surface area contributed by atoms with Crippen LogP contribution < -0.4 is 15.4 Å². The summed E-state index contributed by atoms with van der Waals surface area (Å²) in [6, 6.07) is 6.14. The Morgan fingerprint density at radius 3 is 2.91 bits per heavy atom. The van der Waals surface area contributed by atoms with Crippen LogP contribution in [0, 0.1) is 0 Å². The van der Waals surface area contributed by atoms with Gasteiger partial charge in [-0.05, 0) is 56.8 Å². The summed E-state index contributed by atoms with van der Waals surface area (Å²) in [4.78, 5) is 11.8. The maximum absolute atomic E-state index is 11.8. The first kappa shape index (κ1) is 16.8. The van der Waals surface area contributed by atoms with Gasteiger partial charge in [0.05, 0.1) is 5.69 Å². The number of carbonyl (C=O) groups is 1. The molecule has 0 radical (unpaired) electrons. The topological polar surface area (TPSA) is 70.6 Å². The molecule has 1 aromatic carbocycles. The predicted octanol–water partition coefficient (Wildman–Crippen LogP) is 2.61. The first-order valence-corrected chi connectivity index (χ1v) is 8.11. The molecule has 22 heavy (non-hydrogen) atoms. The molecule has 0 saturated heterocycles. The van der Waals surface area contributed by atoms with Gasteiger partial charge in [0.1, 0.15) is 5.75 Å². The van der Waals surface area contributed by atoms with Crippen LogP contribution in [0.2, 0.25) is 0 Å². The summed E-state index contributed by atoms with van der Waals surface area (Å²) in [7, 11) is 0. The minimum Gasteiger partial charge on any atom is -0.478 e. The van der Waals surface area contributed by atoms with Gasteiger partial charge in [-0.2, -0.15) is 0 Å². The van der Waals surface area contributed by atoms with Gasteiger partial charge >= 0.3 is 0 Å². The van der Waals surface area contributed by atoms with Crippen LogP contribution in [0.1, 0.15) is 51.1 Å². The highest BCUT2D eigenvalue weighted by Crippen LogP contribution is 2.32. The number of rotatable bonds is 8.